The molecule has 0 saturated carbocycles. The third kappa shape index (κ3) is 2.83. The highest BCUT2D eigenvalue weighted by Crippen LogP contribution is 2.31. The Labute approximate surface area is 94.0 Å². The number of benzene rings is 1. The molecule has 2 nitrogen and oxygen atoms in total. The lowest BCUT2D eigenvalue weighted by atomic mass is 10.2. The van der Waals surface area contributed by atoms with Gasteiger partial charge in [0.2, 0.25) is 0 Å². The van der Waals surface area contributed by atoms with Crippen LogP contribution in [0.3, 0.4) is 0 Å². The first-order valence-electron chi connectivity index (χ1n) is 5.19. The second kappa shape index (κ2) is 5.33. The van der Waals surface area contributed by atoms with Crippen LogP contribution < -0.4 is 0 Å². The van der Waals surface area contributed by atoms with Gasteiger partial charge in [-0.15, -0.1) is 11.8 Å². The monoisotopic (exact) mass is 222 g/mol. The van der Waals surface area contributed by atoms with E-state index in [-0.39, 0.29) is 0 Å². The maximum atomic E-state index is 10.8. The number of carbonyl (C=O) groups excluding carboxylic acids is 1. The molecule has 0 aliphatic carbocycles. The molecule has 0 aromatic heterocycles. The highest BCUT2D eigenvalue weighted by atomic mass is 32.2. The fourth-order valence-electron chi connectivity index (χ4n) is 1.66. The van der Waals surface area contributed by atoms with Crippen molar-refractivity contribution in [3.8, 4) is 0 Å². The van der Waals surface area contributed by atoms with Gasteiger partial charge in [-0.3, -0.25) is 4.79 Å². The van der Waals surface area contributed by atoms with Gasteiger partial charge < -0.3 is 4.74 Å². The minimum atomic E-state index is 0.597. The van der Waals surface area contributed by atoms with Crippen molar-refractivity contribution in [2.75, 3.05) is 13.2 Å². The van der Waals surface area contributed by atoms with Gasteiger partial charge in [-0.25, -0.2) is 0 Å². The fourth-order valence-corrected chi connectivity index (χ4v) is 2.86. The molecule has 0 amide bonds. The Morgan fingerprint density at radius 2 is 2.00 bits per heavy atom. The summed E-state index contributed by atoms with van der Waals surface area (Å²) in [5, 5.41) is 0.597. The quantitative estimate of drug-likeness (QED) is 0.736. The summed E-state index contributed by atoms with van der Waals surface area (Å²) in [4.78, 5) is 11.9. The molecule has 1 aliphatic rings. The molecule has 0 spiro atoms. The Kier molecular flexibility index (Phi) is 3.80. The first kappa shape index (κ1) is 10.7. The number of thioether (sulfide) groups is 1. The molecular formula is C12H14O2S. The van der Waals surface area contributed by atoms with Gasteiger partial charge in [0.25, 0.3) is 0 Å². The van der Waals surface area contributed by atoms with Gasteiger partial charge in [0.05, 0.1) is 0 Å². The number of ether oxygens (including phenoxy) is 1. The second-order valence-electron chi connectivity index (χ2n) is 3.59. The topological polar surface area (TPSA) is 26.3 Å². The van der Waals surface area contributed by atoms with E-state index in [2.05, 4.69) is 0 Å². The Hall–Kier alpha value is -0.800. The van der Waals surface area contributed by atoms with Gasteiger partial charge in [-0.1, -0.05) is 18.2 Å². The Bertz CT molecular complexity index is 332. The summed E-state index contributed by atoms with van der Waals surface area (Å²) in [6.07, 6.45) is 3.09. The smallest absolute Gasteiger partial charge is 0.151 e. The summed E-state index contributed by atoms with van der Waals surface area (Å²) in [6, 6.07) is 7.77. The second-order valence-corrected chi connectivity index (χ2v) is 4.93. The largest absolute Gasteiger partial charge is 0.381 e. The van der Waals surface area contributed by atoms with Crippen LogP contribution in [0.15, 0.2) is 29.2 Å². The van der Waals surface area contributed by atoms with Crippen molar-refractivity contribution < 1.29 is 9.53 Å². The third-order valence-corrected chi connectivity index (χ3v) is 3.94. The predicted octanol–water partition coefficient (Wildman–Crippen LogP) is 2.77. The summed E-state index contributed by atoms with van der Waals surface area (Å²) < 4.78 is 5.31. The highest BCUT2D eigenvalue weighted by Gasteiger charge is 2.16. The minimum Gasteiger partial charge on any atom is -0.381 e. The molecule has 1 saturated heterocycles. The molecule has 1 fully saturated rings. The van der Waals surface area contributed by atoms with Crippen LogP contribution in [0.1, 0.15) is 23.2 Å². The SMILES string of the molecule is O=Cc1ccccc1SC1CCOCC1. The first-order valence-corrected chi connectivity index (χ1v) is 6.07. The summed E-state index contributed by atoms with van der Waals surface area (Å²) in [5.74, 6) is 0. The molecule has 1 aromatic carbocycles. The molecule has 0 N–H and O–H groups in total. The maximum Gasteiger partial charge on any atom is 0.151 e. The average Bonchev–Trinajstić information content (AvgIpc) is 2.31. The number of carbonyl (C=O) groups is 1. The normalized spacial score (nSPS) is 17.6. The zero-order valence-corrected chi connectivity index (χ0v) is 9.33. The molecule has 3 heteroatoms. The van der Waals surface area contributed by atoms with E-state index in [9.17, 15) is 4.79 Å². The van der Waals surface area contributed by atoms with E-state index in [4.69, 9.17) is 4.74 Å². The number of hydrogen-bond acceptors (Lipinski definition) is 3. The molecule has 80 valence electrons. The lowest BCUT2D eigenvalue weighted by Gasteiger charge is -2.21. The molecule has 0 atom stereocenters. The highest BCUT2D eigenvalue weighted by molar-refractivity contribution is 8.00. The Morgan fingerprint density at radius 3 is 2.73 bits per heavy atom. The van der Waals surface area contributed by atoms with Crippen molar-refractivity contribution in [3.63, 3.8) is 0 Å². The van der Waals surface area contributed by atoms with Gasteiger partial charge in [0.1, 0.15) is 0 Å². The lowest BCUT2D eigenvalue weighted by Crippen LogP contribution is -2.17. The molecule has 1 aliphatic heterocycles. The van der Waals surface area contributed by atoms with Crippen molar-refractivity contribution in [1.29, 1.82) is 0 Å². The van der Waals surface area contributed by atoms with Crippen LogP contribution in [0.25, 0.3) is 0 Å². The summed E-state index contributed by atoms with van der Waals surface area (Å²) >= 11 is 1.80. The molecule has 1 aromatic rings. The van der Waals surface area contributed by atoms with Crippen LogP contribution >= 0.6 is 11.8 Å². The van der Waals surface area contributed by atoms with Crippen LogP contribution in [0.5, 0.6) is 0 Å². The van der Waals surface area contributed by atoms with Crippen molar-refractivity contribution in [1.82, 2.24) is 0 Å². The first-order chi connectivity index (χ1) is 7.40. The van der Waals surface area contributed by atoms with Gasteiger partial charge in [0.15, 0.2) is 6.29 Å². The Morgan fingerprint density at radius 1 is 1.27 bits per heavy atom. The molecule has 0 bridgehead atoms. The molecular weight excluding hydrogens is 208 g/mol. The van der Waals surface area contributed by atoms with Crippen LogP contribution in [-0.4, -0.2) is 24.7 Å². The van der Waals surface area contributed by atoms with Crippen molar-refractivity contribution in [2.45, 2.75) is 23.0 Å². The van der Waals surface area contributed by atoms with Gasteiger partial charge in [-0.2, -0.15) is 0 Å². The van der Waals surface area contributed by atoms with E-state index in [0.717, 1.165) is 42.8 Å². The number of hydrogen-bond donors (Lipinski definition) is 0. The van der Waals surface area contributed by atoms with E-state index in [1.807, 2.05) is 24.3 Å². The lowest BCUT2D eigenvalue weighted by molar-refractivity contribution is 0.100. The summed E-state index contributed by atoms with van der Waals surface area (Å²) in [5.41, 5.74) is 0.800. The van der Waals surface area contributed by atoms with Crippen molar-refractivity contribution >= 4 is 18.0 Å². The molecule has 0 radical (unpaired) electrons. The van der Waals surface area contributed by atoms with Crippen molar-refractivity contribution in [2.24, 2.45) is 0 Å². The minimum absolute atomic E-state index is 0.597. The molecule has 2 rings (SSSR count). The standard InChI is InChI=1S/C12H14O2S/c13-9-10-3-1-2-4-12(10)15-11-5-7-14-8-6-11/h1-4,9,11H,5-8H2. The Balaban J connectivity index is 2.05. The number of aldehydes is 1. The zero-order valence-electron chi connectivity index (χ0n) is 8.52. The van der Waals surface area contributed by atoms with Crippen LogP contribution in [-0.2, 0) is 4.74 Å². The third-order valence-electron chi connectivity index (χ3n) is 2.51. The fraction of sp³-hybridized carbons (Fsp3) is 0.417. The van der Waals surface area contributed by atoms with E-state index in [1.165, 1.54) is 0 Å². The summed E-state index contributed by atoms with van der Waals surface area (Å²) in [6.45, 7) is 1.70. The molecule has 15 heavy (non-hydrogen) atoms. The van der Waals surface area contributed by atoms with Gasteiger partial charge in [-0.05, 0) is 18.9 Å². The van der Waals surface area contributed by atoms with Gasteiger partial charge in [0, 0.05) is 28.9 Å². The summed E-state index contributed by atoms with van der Waals surface area (Å²) in [7, 11) is 0. The van der Waals surface area contributed by atoms with Crippen LogP contribution in [0.2, 0.25) is 0 Å². The van der Waals surface area contributed by atoms with Crippen LogP contribution in [0, 0.1) is 0 Å². The van der Waals surface area contributed by atoms with E-state index in [1.54, 1.807) is 11.8 Å². The molecule has 1 heterocycles. The predicted molar refractivity (Wildman–Crippen MR) is 61.5 cm³/mol. The van der Waals surface area contributed by atoms with E-state index < -0.39 is 0 Å². The van der Waals surface area contributed by atoms with E-state index in [0.29, 0.717) is 5.25 Å². The number of rotatable bonds is 3. The van der Waals surface area contributed by atoms with Crippen molar-refractivity contribution in [3.05, 3.63) is 29.8 Å². The van der Waals surface area contributed by atoms with Gasteiger partial charge >= 0.3 is 0 Å². The molecule has 0 unspecified atom stereocenters. The average molecular weight is 222 g/mol. The zero-order chi connectivity index (χ0) is 10.5. The van der Waals surface area contributed by atoms with Crippen LogP contribution in [0.4, 0.5) is 0 Å². The maximum absolute atomic E-state index is 10.8. The van der Waals surface area contributed by atoms with E-state index >= 15 is 0 Å².